The lowest BCUT2D eigenvalue weighted by Crippen LogP contribution is -2.39. The molecule has 0 aliphatic carbocycles. The number of anilines is 1. The molecule has 3 amide bonds. The van der Waals surface area contributed by atoms with Crippen LogP contribution in [0.3, 0.4) is 0 Å². The molecule has 0 radical (unpaired) electrons. The lowest BCUT2D eigenvalue weighted by Gasteiger charge is -2.32. The molecule has 208 valence electrons. The number of carbonyl (C=O) groups excluding carboxylic acids is 3. The van der Waals surface area contributed by atoms with Crippen molar-refractivity contribution in [1.29, 1.82) is 0 Å². The summed E-state index contributed by atoms with van der Waals surface area (Å²) in [6.07, 6.45) is 3.00. The number of fused-ring (bicyclic) bond motifs is 2. The van der Waals surface area contributed by atoms with Crippen LogP contribution in [0.5, 0.6) is 11.5 Å². The van der Waals surface area contributed by atoms with E-state index in [9.17, 15) is 19.2 Å². The van der Waals surface area contributed by atoms with Crippen LogP contribution in [0.1, 0.15) is 35.6 Å². The number of para-hydroxylation sites is 1. The third kappa shape index (κ3) is 4.41. The van der Waals surface area contributed by atoms with E-state index in [1.165, 1.54) is 21.2 Å². The van der Waals surface area contributed by atoms with Crippen molar-refractivity contribution in [2.45, 2.75) is 42.0 Å². The molecule has 2 saturated heterocycles. The first-order valence-electron chi connectivity index (χ1n) is 13.3. The average molecular weight is 580 g/mol. The van der Waals surface area contributed by atoms with E-state index in [0.717, 1.165) is 36.2 Å². The Hall–Kier alpha value is -3.57. The zero-order valence-electron chi connectivity index (χ0n) is 22.2. The summed E-state index contributed by atoms with van der Waals surface area (Å²) in [5.41, 5.74) is 1.20. The van der Waals surface area contributed by atoms with Gasteiger partial charge in [-0.1, -0.05) is 41.3 Å². The van der Waals surface area contributed by atoms with Crippen LogP contribution in [-0.2, 0) is 20.9 Å². The number of amides is 3. The highest BCUT2D eigenvalue weighted by Gasteiger charge is 2.57. The zero-order chi connectivity index (χ0) is 28.0. The van der Waals surface area contributed by atoms with Crippen LogP contribution in [0.2, 0.25) is 0 Å². The van der Waals surface area contributed by atoms with Crippen LogP contribution in [-0.4, -0.2) is 59.7 Å². The van der Waals surface area contributed by atoms with Crippen LogP contribution in [0, 0.1) is 5.92 Å². The number of ether oxygens (including phenoxy) is 2. The van der Waals surface area contributed by atoms with E-state index in [4.69, 9.17) is 9.47 Å². The fourth-order valence-electron chi connectivity index (χ4n) is 5.88. The van der Waals surface area contributed by atoms with Gasteiger partial charge in [-0.05, 0) is 49.6 Å². The number of hydrogen-bond donors (Lipinski definition) is 0. The molecule has 4 heterocycles. The van der Waals surface area contributed by atoms with E-state index < -0.39 is 17.1 Å². The van der Waals surface area contributed by atoms with Gasteiger partial charge in [0, 0.05) is 29.4 Å². The maximum atomic E-state index is 14.1. The molecule has 11 heteroatoms. The lowest BCUT2D eigenvalue weighted by atomic mass is 9.82. The minimum atomic E-state index is -0.762. The number of aromatic nitrogens is 1. The van der Waals surface area contributed by atoms with Crippen molar-refractivity contribution >= 4 is 46.5 Å². The van der Waals surface area contributed by atoms with Gasteiger partial charge in [0.05, 0.1) is 30.9 Å². The first kappa shape index (κ1) is 26.6. The Labute approximate surface area is 239 Å². The fraction of sp³-hybridized carbons (Fsp3) is 0.379. The van der Waals surface area contributed by atoms with E-state index in [1.54, 1.807) is 38.5 Å². The number of methoxy groups -OCH3 is 2. The van der Waals surface area contributed by atoms with Crippen molar-refractivity contribution in [3.05, 3.63) is 68.6 Å². The summed E-state index contributed by atoms with van der Waals surface area (Å²) in [6, 6.07) is 14.2. The van der Waals surface area contributed by atoms with Gasteiger partial charge >= 0.3 is 4.87 Å². The topological polar surface area (TPSA) is 98.2 Å². The second-order valence-corrected chi connectivity index (χ2v) is 12.2. The van der Waals surface area contributed by atoms with Gasteiger partial charge in [0.1, 0.15) is 23.3 Å². The van der Waals surface area contributed by atoms with E-state index in [0.29, 0.717) is 40.2 Å². The molecule has 3 aliphatic heterocycles. The van der Waals surface area contributed by atoms with Crippen molar-refractivity contribution < 1.29 is 23.9 Å². The van der Waals surface area contributed by atoms with Crippen molar-refractivity contribution in [3.63, 3.8) is 0 Å². The van der Waals surface area contributed by atoms with Gasteiger partial charge in [0.25, 0.3) is 0 Å². The Morgan fingerprint density at radius 1 is 0.925 bits per heavy atom. The predicted molar refractivity (Wildman–Crippen MR) is 152 cm³/mol. The fourth-order valence-corrected chi connectivity index (χ4v) is 8.64. The summed E-state index contributed by atoms with van der Waals surface area (Å²) in [5, 5.41) is -0.183. The van der Waals surface area contributed by atoms with Gasteiger partial charge in [0.15, 0.2) is 0 Å². The monoisotopic (exact) mass is 579 g/mol. The number of rotatable bonds is 6. The number of nitrogens with zero attached hydrogens (tertiary/aromatic N) is 3. The number of piperidine rings is 1. The number of thioether (sulfide) groups is 1. The zero-order valence-corrected chi connectivity index (χ0v) is 23.8. The van der Waals surface area contributed by atoms with Crippen LogP contribution < -0.4 is 19.2 Å². The Balaban J connectivity index is 1.45. The highest BCUT2D eigenvalue weighted by atomic mass is 32.2. The molecule has 40 heavy (non-hydrogen) atoms. The first-order valence-corrected chi connectivity index (χ1v) is 14.9. The second kappa shape index (κ2) is 10.8. The molecular weight excluding hydrogens is 550 g/mol. The first-order chi connectivity index (χ1) is 19.4. The van der Waals surface area contributed by atoms with E-state index in [1.807, 2.05) is 29.2 Å². The minimum Gasteiger partial charge on any atom is -0.497 e. The highest BCUT2D eigenvalue weighted by molar-refractivity contribution is 8.00. The summed E-state index contributed by atoms with van der Waals surface area (Å²) in [6.45, 7) is 1.29. The summed E-state index contributed by atoms with van der Waals surface area (Å²) < 4.78 is 12.4. The predicted octanol–water partition coefficient (Wildman–Crippen LogP) is 3.74. The number of hydrogen-bond acceptors (Lipinski definition) is 8. The Bertz CT molecular complexity index is 1530. The van der Waals surface area contributed by atoms with E-state index >= 15 is 0 Å². The van der Waals surface area contributed by atoms with Gasteiger partial charge in [-0.3, -0.25) is 23.7 Å². The molecule has 0 bridgehead atoms. The van der Waals surface area contributed by atoms with Crippen LogP contribution in [0.4, 0.5) is 5.69 Å². The SMILES string of the molecule is COc1ccc(N2C(=O)C3Sc4c(sc(=O)n4CC(=O)N4CCCCC4)C(c4ccccc4OC)C3C2=O)cc1. The molecule has 0 N–H and O–H groups in total. The largest absolute Gasteiger partial charge is 0.497 e. The third-order valence-corrected chi connectivity index (χ3v) is 10.5. The van der Waals surface area contributed by atoms with Gasteiger partial charge in [-0.15, -0.1) is 0 Å². The molecule has 1 aromatic heterocycles. The molecule has 0 spiro atoms. The Morgan fingerprint density at radius 3 is 2.35 bits per heavy atom. The molecule has 3 aliphatic rings. The molecule has 3 aromatic rings. The summed E-state index contributed by atoms with van der Waals surface area (Å²) in [4.78, 5) is 58.0. The molecule has 2 aromatic carbocycles. The molecule has 3 unspecified atom stereocenters. The summed E-state index contributed by atoms with van der Waals surface area (Å²) >= 11 is 2.26. The quantitative estimate of drug-likeness (QED) is 0.411. The smallest absolute Gasteiger partial charge is 0.308 e. The Kier molecular flexibility index (Phi) is 7.18. The van der Waals surface area contributed by atoms with Crippen molar-refractivity contribution in [3.8, 4) is 11.5 Å². The average Bonchev–Trinajstić information content (AvgIpc) is 3.43. The molecule has 6 rings (SSSR count). The number of likely N-dealkylation sites (tertiary alicyclic amines) is 1. The lowest BCUT2D eigenvalue weighted by molar-refractivity contribution is -0.133. The number of imide groups is 1. The van der Waals surface area contributed by atoms with E-state index in [-0.39, 0.29) is 29.1 Å². The number of thiazole rings is 1. The summed E-state index contributed by atoms with van der Waals surface area (Å²) in [7, 11) is 3.11. The summed E-state index contributed by atoms with van der Waals surface area (Å²) in [5.74, 6) is -0.911. The van der Waals surface area contributed by atoms with Gasteiger partial charge in [-0.25, -0.2) is 4.90 Å². The van der Waals surface area contributed by atoms with Crippen molar-refractivity contribution in [2.75, 3.05) is 32.2 Å². The normalized spacial score (nSPS) is 22.2. The minimum absolute atomic E-state index is 0.0853. The second-order valence-electron chi connectivity index (χ2n) is 10.1. The van der Waals surface area contributed by atoms with Crippen molar-refractivity contribution in [2.24, 2.45) is 5.92 Å². The maximum absolute atomic E-state index is 14.1. The van der Waals surface area contributed by atoms with Crippen LogP contribution >= 0.6 is 23.1 Å². The highest BCUT2D eigenvalue weighted by Crippen LogP contribution is 2.55. The molecule has 3 atom stereocenters. The van der Waals surface area contributed by atoms with Gasteiger partial charge in [-0.2, -0.15) is 0 Å². The third-order valence-electron chi connectivity index (χ3n) is 7.86. The van der Waals surface area contributed by atoms with Crippen LogP contribution in [0.15, 0.2) is 58.4 Å². The van der Waals surface area contributed by atoms with Gasteiger partial charge in [0.2, 0.25) is 17.7 Å². The number of benzene rings is 2. The van der Waals surface area contributed by atoms with Gasteiger partial charge < -0.3 is 14.4 Å². The Morgan fingerprint density at radius 2 is 1.65 bits per heavy atom. The van der Waals surface area contributed by atoms with Crippen molar-refractivity contribution in [1.82, 2.24) is 9.47 Å². The standard InChI is InChI=1S/C29H29N3O6S2/c1-37-18-12-10-17(11-13-18)32-26(34)23-22(19-8-4-5-9-20(19)38-2)25-28(39-24(23)27(32)35)31(29(36)40-25)16-21(33)30-14-6-3-7-15-30/h4-5,8-13,22-24H,3,6-7,14-16H2,1-2H3. The molecule has 0 saturated carbocycles. The molecular formula is C29H29N3O6S2. The number of carbonyl (C=O) groups is 3. The van der Waals surface area contributed by atoms with Crippen LogP contribution in [0.25, 0.3) is 0 Å². The maximum Gasteiger partial charge on any atom is 0.308 e. The molecule has 9 nitrogen and oxygen atoms in total. The van der Waals surface area contributed by atoms with E-state index in [2.05, 4.69) is 0 Å². The molecule has 2 fully saturated rings.